The molecule has 1 atom stereocenters. The minimum atomic E-state index is 0.242. The Morgan fingerprint density at radius 2 is 2.62 bits per heavy atom. The molecule has 0 radical (unpaired) electrons. The minimum Gasteiger partial charge on any atom is -0.374 e. The van der Waals surface area contributed by atoms with Gasteiger partial charge in [0.15, 0.2) is 3.95 Å². The number of H-pyrrole nitrogens is 1. The number of hydrogen-bond acceptors (Lipinski definition) is 6. The van der Waals surface area contributed by atoms with Gasteiger partial charge in [0.25, 0.3) is 0 Å². The number of nitrogens with one attached hydrogen (secondary N) is 2. The normalized spacial score (nSPS) is 22.2. The van der Waals surface area contributed by atoms with Crippen LogP contribution in [0.15, 0.2) is 0 Å². The summed E-state index contributed by atoms with van der Waals surface area (Å²) in [5, 5.41) is 10.9. The van der Waals surface area contributed by atoms with Crippen LogP contribution < -0.4 is 5.32 Å². The number of aromatic nitrogens is 2. The Balaban J connectivity index is 1.79. The summed E-state index contributed by atoms with van der Waals surface area (Å²) in [7, 11) is 0. The molecule has 2 rings (SSSR count). The number of hydrogen-bond donors (Lipinski definition) is 2. The van der Waals surface area contributed by atoms with E-state index >= 15 is 0 Å². The predicted octanol–water partition coefficient (Wildman–Crippen LogP) is 1.33. The highest BCUT2D eigenvalue weighted by molar-refractivity contribution is 7.73. The Morgan fingerprint density at radius 3 is 3.31 bits per heavy atom. The fourth-order valence-electron chi connectivity index (χ4n) is 1.70. The number of anilines is 1. The number of ether oxygens (including phenoxy) is 1. The summed E-state index contributed by atoms with van der Waals surface area (Å²) in [6, 6.07) is 0. The standard InChI is InChI=1S/C9H16N4OS2/c1-2-13-3-4-14-7(6-13)5-10-8-11-12-9(15)16-8/h7H,2-6H2,1H3,(H,10,11)(H,12,15). The number of aromatic amines is 1. The van der Waals surface area contributed by atoms with Gasteiger partial charge >= 0.3 is 0 Å². The Hall–Kier alpha value is -0.500. The molecule has 0 saturated carbocycles. The van der Waals surface area contributed by atoms with Crippen LogP contribution in [0.25, 0.3) is 0 Å². The molecule has 1 aromatic heterocycles. The van der Waals surface area contributed by atoms with Crippen LogP contribution in [0.1, 0.15) is 6.92 Å². The molecule has 1 aliphatic rings. The van der Waals surface area contributed by atoms with E-state index in [0.29, 0.717) is 3.95 Å². The van der Waals surface area contributed by atoms with E-state index in [9.17, 15) is 0 Å². The van der Waals surface area contributed by atoms with Crippen molar-refractivity contribution in [1.82, 2.24) is 15.1 Å². The van der Waals surface area contributed by atoms with E-state index in [1.165, 1.54) is 11.3 Å². The van der Waals surface area contributed by atoms with Crippen molar-refractivity contribution in [3.63, 3.8) is 0 Å². The van der Waals surface area contributed by atoms with Crippen LogP contribution in [0.5, 0.6) is 0 Å². The highest BCUT2D eigenvalue weighted by Crippen LogP contribution is 2.12. The maximum atomic E-state index is 5.67. The van der Waals surface area contributed by atoms with E-state index in [0.717, 1.165) is 37.9 Å². The minimum absolute atomic E-state index is 0.242. The third kappa shape index (κ3) is 3.24. The van der Waals surface area contributed by atoms with Crippen LogP contribution in [0.2, 0.25) is 0 Å². The van der Waals surface area contributed by atoms with Crippen LogP contribution in [0, 0.1) is 3.95 Å². The SMILES string of the molecule is CCN1CCOC(CNc2n[nH]c(=S)s2)C1. The van der Waals surface area contributed by atoms with Gasteiger partial charge in [-0.15, -0.1) is 5.10 Å². The quantitative estimate of drug-likeness (QED) is 0.800. The van der Waals surface area contributed by atoms with Crippen LogP contribution in [-0.2, 0) is 4.74 Å². The van der Waals surface area contributed by atoms with Gasteiger partial charge in [0.05, 0.1) is 12.7 Å². The molecule has 90 valence electrons. The van der Waals surface area contributed by atoms with Crippen LogP contribution in [-0.4, -0.2) is 54.0 Å². The molecule has 0 spiro atoms. The summed E-state index contributed by atoms with van der Waals surface area (Å²) in [4.78, 5) is 2.39. The van der Waals surface area contributed by atoms with E-state index in [-0.39, 0.29) is 6.10 Å². The first-order valence-corrected chi connectivity index (χ1v) is 6.63. The molecule has 2 heterocycles. The van der Waals surface area contributed by atoms with Crippen molar-refractivity contribution in [3.05, 3.63) is 3.95 Å². The summed E-state index contributed by atoms with van der Waals surface area (Å²) in [6.45, 7) is 6.88. The molecular weight excluding hydrogens is 244 g/mol. The summed E-state index contributed by atoms with van der Waals surface area (Å²) < 4.78 is 6.37. The first-order valence-electron chi connectivity index (χ1n) is 5.41. The van der Waals surface area contributed by atoms with Crippen molar-refractivity contribution < 1.29 is 4.74 Å². The van der Waals surface area contributed by atoms with E-state index in [1.807, 2.05) is 0 Å². The fraction of sp³-hybridized carbons (Fsp3) is 0.778. The molecule has 5 nitrogen and oxygen atoms in total. The lowest BCUT2D eigenvalue weighted by Gasteiger charge is -2.31. The largest absolute Gasteiger partial charge is 0.374 e. The van der Waals surface area contributed by atoms with Crippen LogP contribution >= 0.6 is 23.6 Å². The zero-order chi connectivity index (χ0) is 11.4. The highest BCUT2D eigenvalue weighted by Gasteiger charge is 2.19. The zero-order valence-electron chi connectivity index (χ0n) is 9.23. The molecule has 1 aromatic rings. The maximum absolute atomic E-state index is 5.67. The van der Waals surface area contributed by atoms with Crippen molar-refractivity contribution in [1.29, 1.82) is 0 Å². The Bertz CT molecular complexity index is 378. The van der Waals surface area contributed by atoms with Gasteiger partial charge in [-0.25, -0.2) is 0 Å². The summed E-state index contributed by atoms with van der Waals surface area (Å²) >= 11 is 6.41. The van der Waals surface area contributed by atoms with Gasteiger partial charge in [0.2, 0.25) is 5.13 Å². The number of nitrogens with zero attached hydrogens (tertiary/aromatic N) is 2. The molecule has 1 fully saturated rings. The summed E-state index contributed by atoms with van der Waals surface area (Å²) in [6.07, 6.45) is 0.242. The molecule has 0 aromatic carbocycles. The lowest BCUT2D eigenvalue weighted by molar-refractivity contribution is -0.0191. The van der Waals surface area contributed by atoms with E-state index in [2.05, 4.69) is 27.3 Å². The number of likely N-dealkylation sites (N-methyl/N-ethyl adjacent to an activating group) is 1. The molecule has 0 bridgehead atoms. The van der Waals surface area contributed by atoms with E-state index in [1.54, 1.807) is 0 Å². The fourth-order valence-corrected chi connectivity index (χ4v) is 2.49. The lowest BCUT2D eigenvalue weighted by atomic mass is 10.2. The molecule has 1 aliphatic heterocycles. The zero-order valence-corrected chi connectivity index (χ0v) is 10.9. The molecule has 1 saturated heterocycles. The molecule has 2 N–H and O–H groups in total. The smallest absolute Gasteiger partial charge is 0.204 e. The number of rotatable bonds is 4. The van der Waals surface area contributed by atoms with Crippen molar-refractivity contribution in [2.75, 3.05) is 38.1 Å². The Labute approximate surface area is 104 Å². The van der Waals surface area contributed by atoms with Crippen molar-refractivity contribution in [2.45, 2.75) is 13.0 Å². The second-order valence-corrected chi connectivity index (χ2v) is 5.35. The van der Waals surface area contributed by atoms with Crippen LogP contribution in [0.3, 0.4) is 0 Å². The summed E-state index contributed by atoms with van der Waals surface area (Å²) in [5.74, 6) is 0. The average molecular weight is 260 g/mol. The third-order valence-corrected chi connectivity index (χ3v) is 3.64. The van der Waals surface area contributed by atoms with Gasteiger partial charge in [-0.05, 0) is 18.8 Å². The maximum Gasteiger partial charge on any atom is 0.204 e. The summed E-state index contributed by atoms with van der Waals surface area (Å²) in [5.41, 5.74) is 0. The van der Waals surface area contributed by atoms with Gasteiger partial charge in [-0.1, -0.05) is 18.3 Å². The molecule has 1 unspecified atom stereocenters. The van der Waals surface area contributed by atoms with Crippen LogP contribution in [0.4, 0.5) is 5.13 Å². The second-order valence-electron chi connectivity index (χ2n) is 3.69. The van der Waals surface area contributed by atoms with Gasteiger partial charge < -0.3 is 10.1 Å². The first-order chi connectivity index (χ1) is 7.78. The molecule has 0 aliphatic carbocycles. The van der Waals surface area contributed by atoms with Gasteiger partial charge in [-0.2, -0.15) is 0 Å². The van der Waals surface area contributed by atoms with Gasteiger partial charge in [-0.3, -0.25) is 10.00 Å². The average Bonchev–Trinajstić information content (AvgIpc) is 2.73. The topological polar surface area (TPSA) is 53.2 Å². The van der Waals surface area contributed by atoms with E-state index < -0.39 is 0 Å². The molecule has 7 heteroatoms. The van der Waals surface area contributed by atoms with Gasteiger partial charge in [0.1, 0.15) is 0 Å². The molecule has 16 heavy (non-hydrogen) atoms. The first kappa shape index (κ1) is 12.0. The monoisotopic (exact) mass is 260 g/mol. The second kappa shape index (κ2) is 5.72. The molecular formula is C9H16N4OS2. The van der Waals surface area contributed by atoms with E-state index in [4.69, 9.17) is 17.0 Å². The lowest BCUT2D eigenvalue weighted by Crippen LogP contribution is -2.45. The highest BCUT2D eigenvalue weighted by atomic mass is 32.1. The Kier molecular flexibility index (Phi) is 4.28. The van der Waals surface area contributed by atoms with Crippen molar-refractivity contribution >= 4 is 28.7 Å². The van der Waals surface area contributed by atoms with Gasteiger partial charge in [0, 0.05) is 19.6 Å². The van der Waals surface area contributed by atoms with Crippen molar-refractivity contribution in [2.24, 2.45) is 0 Å². The number of morpholine rings is 1. The Morgan fingerprint density at radius 1 is 1.75 bits per heavy atom. The van der Waals surface area contributed by atoms with Crippen molar-refractivity contribution in [3.8, 4) is 0 Å². The predicted molar refractivity (Wildman–Crippen MR) is 67.6 cm³/mol. The molecule has 0 amide bonds. The third-order valence-electron chi connectivity index (χ3n) is 2.59.